The first-order chi connectivity index (χ1) is 18.1. The predicted octanol–water partition coefficient (Wildman–Crippen LogP) is 3.78. The lowest BCUT2D eigenvalue weighted by atomic mass is 9.87. The molecule has 17 heteroatoms. The Hall–Kier alpha value is -3.92. The van der Waals surface area contributed by atoms with Gasteiger partial charge in [-0.1, -0.05) is 6.92 Å². The van der Waals surface area contributed by atoms with Crippen LogP contribution in [0.4, 0.5) is 41.1 Å². The van der Waals surface area contributed by atoms with Gasteiger partial charge in [0.05, 0.1) is 23.7 Å². The molecule has 3 N–H and O–H groups in total. The fraction of sp³-hybridized carbons (Fsp3) is 0.455. The molecule has 9 nitrogen and oxygen atoms in total. The summed E-state index contributed by atoms with van der Waals surface area (Å²) >= 11 is 0. The molecular weight excluding hydrogens is 544 g/mol. The molecule has 0 bridgehead atoms. The molecule has 0 aliphatic carbocycles. The van der Waals surface area contributed by atoms with Crippen molar-refractivity contribution in [3.8, 4) is 0 Å². The molecule has 0 saturated carbocycles. The molecule has 1 aliphatic rings. The molecule has 1 amide bonds. The zero-order chi connectivity index (χ0) is 29.0. The van der Waals surface area contributed by atoms with Gasteiger partial charge >= 0.3 is 12.4 Å². The number of likely N-dealkylation sites (tertiary alicyclic amines) is 1. The van der Waals surface area contributed by atoms with Gasteiger partial charge in [0.2, 0.25) is 5.95 Å². The van der Waals surface area contributed by atoms with E-state index in [1.165, 1.54) is 25.4 Å². The molecule has 2 unspecified atom stereocenters. The molecule has 0 spiro atoms. The molecule has 0 aromatic carbocycles. The summed E-state index contributed by atoms with van der Waals surface area (Å²) in [5, 5.41) is 12.9. The number of halogens is 8. The minimum Gasteiger partial charge on any atom is -0.382 e. The first-order valence-electron chi connectivity index (χ1n) is 11.3. The molecular formula is C22H22F8N8O. The van der Waals surface area contributed by atoms with E-state index in [-0.39, 0.29) is 18.3 Å². The average Bonchev–Trinajstić information content (AvgIpc) is 2.84. The fourth-order valence-electron chi connectivity index (χ4n) is 3.85. The second kappa shape index (κ2) is 11.4. The first kappa shape index (κ1) is 29.6. The number of aromatic nitrogens is 4. The van der Waals surface area contributed by atoms with Crippen molar-refractivity contribution >= 4 is 23.1 Å². The van der Waals surface area contributed by atoms with E-state index in [0.717, 1.165) is 0 Å². The highest BCUT2D eigenvalue weighted by Crippen LogP contribution is 2.35. The first-order valence-corrected chi connectivity index (χ1v) is 11.3. The zero-order valence-corrected chi connectivity index (χ0v) is 20.1. The van der Waals surface area contributed by atoms with Crippen molar-refractivity contribution in [1.29, 1.82) is 5.41 Å². The van der Waals surface area contributed by atoms with Gasteiger partial charge in [0, 0.05) is 44.0 Å². The number of hydrogen-bond donors (Lipinski definition) is 3. The third-order valence-electron chi connectivity index (χ3n) is 5.63. The van der Waals surface area contributed by atoms with Crippen molar-refractivity contribution in [3.05, 3.63) is 48.4 Å². The number of amides is 1. The van der Waals surface area contributed by atoms with Gasteiger partial charge in [-0.3, -0.25) is 10.2 Å². The zero-order valence-electron chi connectivity index (χ0n) is 20.1. The second-order valence-corrected chi connectivity index (χ2v) is 8.71. The third kappa shape index (κ3) is 8.03. The summed E-state index contributed by atoms with van der Waals surface area (Å²) in [4.78, 5) is 28.8. The van der Waals surface area contributed by atoms with Gasteiger partial charge < -0.3 is 15.5 Å². The summed E-state index contributed by atoms with van der Waals surface area (Å²) < 4.78 is 105. The molecule has 212 valence electrons. The van der Waals surface area contributed by atoms with Gasteiger partial charge in [-0.25, -0.2) is 28.7 Å². The molecule has 2 atom stereocenters. The maximum absolute atomic E-state index is 14.5. The molecule has 3 rings (SSSR count). The number of nitrogens with one attached hydrogen (secondary N) is 3. The van der Waals surface area contributed by atoms with Gasteiger partial charge in [0.15, 0.2) is 5.82 Å². The monoisotopic (exact) mass is 566 g/mol. The van der Waals surface area contributed by atoms with Crippen molar-refractivity contribution in [2.75, 3.05) is 25.0 Å². The van der Waals surface area contributed by atoms with Gasteiger partial charge in [-0.15, -0.1) is 0 Å². The number of nitrogens with zero attached hydrogens (tertiary/aromatic N) is 5. The predicted molar refractivity (Wildman–Crippen MR) is 122 cm³/mol. The van der Waals surface area contributed by atoms with Crippen LogP contribution in [0, 0.1) is 11.3 Å². The number of alkyl halides is 8. The number of rotatable bonds is 8. The SMILES string of the molecule is CC1CC(F)(F)CN(C(=O)C(=N)/C(=C\NCC(F)(F)F)c2ncccn2)C1CNc1ncc(C(F)(F)F)cn1. The Balaban J connectivity index is 1.85. The van der Waals surface area contributed by atoms with Crippen molar-refractivity contribution < 1.29 is 39.9 Å². The van der Waals surface area contributed by atoms with Crippen LogP contribution in [-0.2, 0) is 11.0 Å². The molecule has 0 radical (unpaired) electrons. The molecule has 1 saturated heterocycles. The van der Waals surface area contributed by atoms with Crippen molar-refractivity contribution in [3.63, 3.8) is 0 Å². The Morgan fingerprint density at radius 1 is 1.13 bits per heavy atom. The van der Waals surface area contributed by atoms with Crippen LogP contribution in [0.1, 0.15) is 24.7 Å². The summed E-state index contributed by atoms with van der Waals surface area (Å²) in [5.74, 6) is -6.01. The van der Waals surface area contributed by atoms with Crippen LogP contribution in [0.5, 0.6) is 0 Å². The normalized spacial score (nSPS) is 19.9. The van der Waals surface area contributed by atoms with E-state index in [1.807, 2.05) is 5.32 Å². The van der Waals surface area contributed by atoms with Crippen molar-refractivity contribution in [2.45, 2.75) is 37.7 Å². The molecule has 39 heavy (non-hydrogen) atoms. The lowest BCUT2D eigenvalue weighted by molar-refractivity contribution is -0.145. The largest absolute Gasteiger partial charge is 0.419 e. The summed E-state index contributed by atoms with van der Waals surface area (Å²) in [6.07, 6.45) is -5.76. The van der Waals surface area contributed by atoms with Gasteiger partial charge in [-0.2, -0.15) is 26.3 Å². The highest BCUT2D eigenvalue weighted by Gasteiger charge is 2.47. The van der Waals surface area contributed by atoms with E-state index in [0.29, 0.717) is 23.5 Å². The van der Waals surface area contributed by atoms with Gasteiger partial charge in [0.25, 0.3) is 11.8 Å². The van der Waals surface area contributed by atoms with E-state index in [9.17, 15) is 39.9 Å². The van der Waals surface area contributed by atoms with Crippen LogP contribution < -0.4 is 10.6 Å². The smallest absolute Gasteiger partial charge is 0.382 e. The minimum absolute atomic E-state index is 0.260. The number of hydrogen-bond acceptors (Lipinski definition) is 8. The van der Waals surface area contributed by atoms with Crippen molar-refractivity contribution in [2.24, 2.45) is 5.92 Å². The topological polar surface area (TPSA) is 120 Å². The Labute approximate surface area is 216 Å². The van der Waals surface area contributed by atoms with Crippen LogP contribution in [0.15, 0.2) is 37.1 Å². The molecule has 2 aromatic rings. The average molecular weight is 566 g/mol. The Morgan fingerprint density at radius 3 is 2.31 bits per heavy atom. The van der Waals surface area contributed by atoms with Gasteiger partial charge in [-0.05, 0) is 12.0 Å². The highest BCUT2D eigenvalue weighted by atomic mass is 19.4. The molecule has 1 aliphatic heterocycles. The highest BCUT2D eigenvalue weighted by molar-refractivity contribution is 6.54. The number of carbonyl (C=O) groups excluding carboxylic acids is 1. The lowest BCUT2D eigenvalue weighted by Crippen LogP contribution is -2.59. The number of anilines is 1. The van der Waals surface area contributed by atoms with E-state index >= 15 is 0 Å². The molecule has 2 aromatic heterocycles. The third-order valence-corrected chi connectivity index (χ3v) is 5.63. The summed E-state index contributed by atoms with van der Waals surface area (Å²) in [5.41, 5.74) is -2.52. The fourth-order valence-corrected chi connectivity index (χ4v) is 3.85. The quantitative estimate of drug-likeness (QED) is 0.329. The van der Waals surface area contributed by atoms with Crippen molar-refractivity contribution in [1.82, 2.24) is 30.2 Å². The summed E-state index contributed by atoms with van der Waals surface area (Å²) in [6, 6.07) is 0.373. The molecule has 1 fully saturated rings. The Morgan fingerprint density at radius 2 is 1.74 bits per heavy atom. The van der Waals surface area contributed by atoms with E-state index in [1.54, 1.807) is 0 Å². The van der Waals surface area contributed by atoms with Crippen LogP contribution in [0.2, 0.25) is 0 Å². The maximum Gasteiger partial charge on any atom is 0.419 e. The Kier molecular flexibility index (Phi) is 8.70. The van der Waals surface area contributed by atoms with E-state index < -0.39 is 72.5 Å². The van der Waals surface area contributed by atoms with E-state index in [4.69, 9.17) is 5.41 Å². The molecule has 3 heterocycles. The van der Waals surface area contributed by atoms with Gasteiger partial charge in [0.1, 0.15) is 12.3 Å². The summed E-state index contributed by atoms with van der Waals surface area (Å²) in [7, 11) is 0. The second-order valence-electron chi connectivity index (χ2n) is 8.71. The number of piperidine rings is 1. The van der Waals surface area contributed by atoms with Crippen LogP contribution >= 0.6 is 0 Å². The minimum atomic E-state index is -4.67. The van der Waals surface area contributed by atoms with E-state index in [2.05, 4.69) is 25.3 Å². The van der Waals surface area contributed by atoms with Crippen LogP contribution in [0.3, 0.4) is 0 Å². The Bertz CT molecular complexity index is 1190. The standard InChI is InChI=1S/C22H22F8N8O/c1-12-5-20(23,24)11-38(15(12)9-37-19-35-6-13(7-36-19)22(28,29)30)18(39)16(31)14(8-32-10-21(25,26)27)17-33-3-2-4-34-17/h2-4,6-8,12,15,31-32H,5,9-11H2,1H3,(H,35,36,37)/b14-8+,31-16?. The van der Waals surface area contributed by atoms with Crippen LogP contribution in [-0.4, -0.2) is 74.2 Å². The maximum atomic E-state index is 14.5. The lowest BCUT2D eigenvalue weighted by Gasteiger charge is -2.43. The summed E-state index contributed by atoms with van der Waals surface area (Å²) in [6.45, 7) is -1.48. The number of carbonyl (C=O) groups is 1. The van der Waals surface area contributed by atoms with Crippen LogP contribution in [0.25, 0.3) is 5.57 Å².